The summed E-state index contributed by atoms with van der Waals surface area (Å²) >= 11 is 0. The van der Waals surface area contributed by atoms with E-state index in [-0.39, 0.29) is 11.9 Å². The lowest BCUT2D eigenvalue weighted by molar-refractivity contribution is 0.0834. The number of nitrogens with two attached hydrogens (primary N) is 1. The number of methoxy groups -OCH3 is 1. The van der Waals surface area contributed by atoms with Crippen molar-refractivity contribution in [2.24, 2.45) is 11.7 Å². The average molecular weight is 280 g/mol. The number of hydrogen-bond donors (Lipinski definition) is 1. The summed E-state index contributed by atoms with van der Waals surface area (Å²) in [5.74, 6) is 0.543. The molecule has 0 bridgehead atoms. The van der Waals surface area contributed by atoms with Gasteiger partial charge in [0.25, 0.3) is 0 Å². The van der Waals surface area contributed by atoms with Gasteiger partial charge in [0.1, 0.15) is 5.82 Å². The summed E-state index contributed by atoms with van der Waals surface area (Å²) in [6.07, 6.45) is 2.57. The quantitative estimate of drug-likeness (QED) is 0.795. The average Bonchev–Trinajstić information content (AvgIpc) is 3.27. The Kier molecular flexibility index (Phi) is 5.52. The molecular formula is C16H25FN2O. The van der Waals surface area contributed by atoms with Gasteiger partial charge in [0.2, 0.25) is 0 Å². The fraction of sp³-hybridized carbons (Fsp3) is 0.625. The Hall–Kier alpha value is -0.970. The second kappa shape index (κ2) is 7.16. The number of nitrogens with zero attached hydrogens (tertiary/aromatic N) is 1. The third-order valence-electron chi connectivity index (χ3n) is 4.24. The molecular weight excluding hydrogens is 255 g/mol. The Bertz CT molecular complexity index is 423. The first kappa shape index (κ1) is 15.4. The third kappa shape index (κ3) is 3.78. The van der Waals surface area contributed by atoms with Gasteiger partial charge in [-0.25, -0.2) is 4.39 Å². The Labute approximate surface area is 120 Å². The summed E-state index contributed by atoms with van der Waals surface area (Å²) < 4.78 is 18.7. The minimum absolute atomic E-state index is 0.0523. The van der Waals surface area contributed by atoms with E-state index in [0.717, 1.165) is 18.0 Å². The van der Waals surface area contributed by atoms with Gasteiger partial charge in [-0.05, 0) is 43.4 Å². The van der Waals surface area contributed by atoms with Crippen molar-refractivity contribution in [3.8, 4) is 0 Å². The first-order valence-corrected chi connectivity index (χ1v) is 7.37. The molecule has 0 radical (unpaired) electrons. The highest BCUT2D eigenvalue weighted by Crippen LogP contribution is 2.38. The molecule has 0 amide bonds. The summed E-state index contributed by atoms with van der Waals surface area (Å²) in [6.45, 7) is 4.23. The molecule has 1 aliphatic carbocycles. The van der Waals surface area contributed by atoms with E-state index in [0.29, 0.717) is 19.2 Å². The lowest BCUT2D eigenvalue weighted by Gasteiger charge is -2.36. The molecule has 1 aromatic carbocycles. The van der Waals surface area contributed by atoms with Crippen LogP contribution in [-0.4, -0.2) is 37.7 Å². The minimum Gasteiger partial charge on any atom is -0.383 e. The summed E-state index contributed by atoms with van der Waals surface area (Å²) in [5.41, 5.74) is 6.94. The van der Waals surface area contributed by atoms with Crippen LogP contribution in [0.25, 0.3) is 0 Å². The van der Waals surface area contributed by atoms with Crippen LogP contribution >= 0.6 is 0 Å². The lowest BCUT2D eigenvalue weighted by atomic mass is 10.0. The lowest BCUT2D eigenvalue weighted by Crippen LogP contribution is -2.43. The first-order valence-electron chi connectivity index (χ1n) is 7.37. The van der Waals surface area contributed by atoms with Crippen LogP contribution in [0.2, 0.25) is 0 Å². The monoisotopic (exact) mass is 280 g/mol. The second-order valence-electron chi connectivity index (χ2n) is 5.62. The molecule has 0 spiro atoms. The van der Waals surface area contributed by atoms with Crippen molar-refractivity contribution < 1.29 is 9.13 Å². The molecule has 2 rings (SSSR count). The minimum atomic E-state index is -0.202. The van der Waals surface area contributed by atoms with Crippen LogP contribution in [-0.2, 0) is 4.74 Å². The number of hydrogen-bond acceptors (Lipinski definition) is 3. The van der Waals surface area contributed by atoms with Crippen LogP contribution < -0.4 is 5.73 Å². The van der Waals surface area contributed by atoms with E-state index >= 15 is 0 Å². The smallest absolute Gasteiger partial charge is 0.123 e. The molecule has 0 saturated heterocycles. The van der Waals surface area contributed by atoms with Gasteiger partial charge in [0.05, 0.1) is 6.61 Å². The van der Waals surface area contributed by atoms with Crippen molar-refractivity contribution in [3.63, 3.8) is 0 Å². The van der Waals surface area contributed by atoms with E-state index in [1.54, 1.807) is 19.2 Å². The Morgan fingerprint density at radius 3 is 2.75 bits per heavy atom. The number of ether oxygens (including phenoxy) is 1. The fourth-order valence-corrected chi connectivity index (χ4v) is 2.87. The third-order valence-corrected chi connectivity index (χ3v) is 4.24. The number of rotatable bonds is 8. The van der Waals surface area contributed by atoms with Crippen LogP contribution in [0.3, 0.4) is 0 Å². The topological polar surface area (TPSA) is 38.5 Å². The number of halogens is 1. The van der Waals surface area contributed by atoms with Crippen LogP contribution in [0.5, 0.6) is 0 Å². The van der Waals surface area contributed by atoms with Gasteiger partial charge in [0.15, 0.2) is 0 Å². The van der Waals surface area contributed by atoms with Gasteiger partial charge in [-0.15, -0.1) is 0 Å². The maximum atomic E-state index is 13.5. The van der Waals surface area contributed by atoms with E-state index < -0.39 is 0 Å². The standard InChI is InChI=1S/C16H25FN2O/c1-12(13-6-7-13)19(8-9-20-2)16(11-18)14-4-3-5-15(17)10-14/h3-5,10,12-13,16H,6-9,11,18H2,1-2H3. The Morgan fingerprint density at radius 2 is 2.20 bits per heavy atom. The molecule has 2 unspecified atom stereocenters. The highest BCUT2D eigenvalue weighted by Gasteiger charge is 2.35. The molecule has 0 aliphatic heterocycles. The zero-order valence-electron chi connectivity index (χ0n) is 12.4. The van der Waals surface area contributed by atoms with Crippen molar-refractivity contribution in [3.05, 3.63) is 35.6 Å². The summed E-state index contributed by atoms with van der Waals surface area (Å²) in [7, 11) is 1.71. The van der Waals surface area contributed by atoms with E-state index in [9.17, 15) is 4.39 Å². The zero-order chi connectivity index (χ0) is 14.5. The first-order chi connectivity index (χ1) is 9.67. The highest BCUT2D eigenvalue weighted by atomic mass is 19.1. The van der Waals surface area contributed by atoms with Crippen molar-refractivity contribution in [1.82, 2.24) is 4.90 Å². The van der Waals surface area contributed by atoms with Crippen molar-refractivity contribution >= 4 is 0 Å². The SMILES string of the molecule is COCCN(C(CN)c1cccc(F)c1)C(C)C1CC1. The van der Waals surface area contributed by atoms with Gasteiger partial charge in [-0.3, -0.25) is 4.90 Å². The molecule has 1 aromatic rings. The summed E-state index contributed by atoms with van der Waals surface area (Å²) in [5, 5.41) is 0. The van der Waals surface area contributed by atoms with Crippen molar-refractivity contribution in [2.45, 2.75) is 31.8 Å². The van der Waals surface area contributed by atoms with E-state index in [1.807, 2.05) is 6.07 Å². The van der Waals surface area contributed by atoms with E-state index in [1.165, 1.54) is 18.9 Å². The number of benzene rings is 1. The molecule has 1 fully saturated rings. The maximum absolute atomic E-state index is 13.5. The molecule has 1 aliphatic rings. The van der Waals surface area contributed by atoms with Crippen LogP contribution in [0.1, 0.15) is 31.4 Å². The molecule has 1 saturated carbocycles. The fourth-order valence-electron chi connectivity index (χ4n) is 2.87. The molecule has 2 N–H and O–H groups in total. The molecule has 2 atom stereocenters. The molecule has 0 aromatic heterocycles. The molecule has 4 heteroatoms. The van der Waals surface area contributed by atoms with Gasteiger partial charge < -0.3 is 10.5 Å². The van der Waals surface area contributed by atoms with Crippen molar-refractivity contribution in [2.75, 3.05) is 26.8 Å². The summed E-state index contributed by atoms with van der Waals surface area (Å²) in [6, 6.07) is 7.29. The van der Waals surface area contributed by atoms with Crippen LogP contribution in [0.4, 0.5) is 4.39 Å². The van der Waals surface area contributed by atoms with Gasteiger partial charge in [-0.2, -0.15) is 0 Å². The van der Waals surface area contributed by atoms with Gasteiger partial charge >= 0.3 is 0 Å². The van der Waals surface area contributed by atoms with Gasteiger partial charge in [0, 0.05) is 32.3 Å². The van der Waals surface area contributed by atoms with E-state index in [4.69, 9.17) is 10.5 Å². The normalized spacial score (nSPS) is 18.2. The highest BCUT2D eigenvalue weighted by molar-refractivity contribution is 5.21. The predicted octanol–water partition coefficient (Wildman–Crippen LogP) is 2.57. The van der Waals surface area contributed by atoms with Gasteiger partial charge in [-0.1, -0.05) is 12.1 Å². The molecule has 20 heavy (non-hydrogen) atoms. The Balaban J connectivity index is 2.18. The predicted molar refractivity (Wildman–Crippen MR) is 79.0 cm³/mol. The molecule has 3 nitrogen and oxygen atoms in total. The molecule has 0 heterocycles. The largest absolute Gasteiger partial charge is 0.383 e. The van der Waals surface area contributed by atoms with Crippen molar-refractivity contribution in [1.29, 1.82) is 0 Å². The van der Waals surface area contributed by atoms with Crippen LogP contribution in [0, 0.1) is 11.7 Å². The van der Waals surface area contributed by atoms with Crippen LogP contribution in [0.15, 0.2) is 24.3 Å². The second-order valence-corrected chi connectivity index (χ2v) is 5.62. The van der Waals surface area contributed by atoms with E-state index in [2.05, 4.69) is 11.8 Å². The zero-order valence-corrected chi connectivity index (χ0v) is 12.4. The molecule has 112 valence electrons. The summed E-state index contributed by atoms with van der Waals surface area (Å²) in [4.78, 5) is 2.37. The maximum Gasteiger partial charge on any atom is 0.123 e. The Morgan fingerprint density at radius 1 is 1.45 bits per heavy atom.